The molecule has 3 aromatic rings. The first kappa shape index (κ1) is 18.3. The van der Waals surface area contributed by atoms with Crippen molar-refractivity contribution < 1.29 is 14.6 Å². The van der Waals surface area contributed by atoms with Crippen molar-refractivity contribution in [2.75, 3.05) is 7.11 Å². The number of halogens is 2. The lowest BCUT2D eigenvalue weighted by Crippen LogP contribution is -2.05. The summed E-state index contributed by atoms with van der Waals surface area (Å²) in [5.41, 5.74) is 2.36. The summed E-state index contributed by atoms with van der Waals surface area (Å²) in [5.74, 6) is -0.341. The molecule has 0 amide bonds. The molecule has 0 atom stereocenters. The maximum Gasteiger partial charge on any atom is 0.339 e. The summed E-state index contributed by atoms with van der Waals surface area (Å²) in [5, 5.41) is 15.2. The van der Waals surface area contributed by atoms with E-state index in [0.29, 0.717) is 39.2 Å². The second-order valence-corrected chi connectivity index (χ2v) is 6.47. The van der Waals surface area contributed by atoms with Crippen LogP contribution < -0.4 is 4.74 Å². The Morgan fingerprint density at radius 2 is 1.77 bits per heavy atom. The molecule has 0 aliphatic carbocycles. The van der Waals surface area contributed by atoms with Crippen molar-refractivity contribution in [3.63, 3.8) is 0 Å². The zero-order chi connectivity index (χ0) is 18.8. The first-order valence-electron chi connectivity index (χ1n) is 7.90. The van der Waals surface area contributed by atoms with Gasteiger partial charge in [0.2, 0.25) is 0 Å². The molecule has 1 heterocycles. The van der Waals surface area contributed by atoms with Crippen molar-refractivity contribution in [3.8, 4) is 22.7 Å². The minimum atomic E-state index is -1.05. The van der Waals surface area contributed by atoms with Crippen LogP contribution in [0, 0.1) is 0 Å². The third-order valence-corrected chi connectivity index (χ3v) is 4.42. The summed E-state index contributed by atoms with van der Waals surface area (Å²) in [6.45, 7) is 1.89. The van der Waals surface area contributed by atoms with Gasteiger partial charge in [0, 0.05) is 15.6 Å². The molecule has 0 spiro atoms. The Labute approximate surface area is 160 Å². The first-order valence-corrected chi connectivity index (χ1v) is 8.66. The van der Waals surface area contributed by atoms with E-state index in [1.807, 2.05) is 19.1 Å². The number of hydrogen-bond acceptors (Lipinski definition) is 3. The Hall–Kier alpha value is -2.50. The zero-order valence-corrected chi connectivity index (χ0v) is 15.7. The molecule has 3 rings (SSSR count). The number of ether oxygens (including phenoxy) is 1. The smallest absolute Gasteiger partial charge is 0.339 e. The van der Waals surface area contributed by atoms with E-state index < -0.39 is 5.97 Å². The van der Waals surface area contributed by atoms with Gasteiger partial charge in [-0.15, -0.1) is 0 Å². The summed E-state index contributed by atoms with van der Waals surface area (Å²) in [7, 11) is 1.59. The summed E-state index contributed by atoms with van der Waals surface area (Å²) in [4.78, 5) is 12.0. The molecule has 134 valence electrons. The molecule has 0 aliphatic heterocycles. The zero-order valence-electron chi connectivity index (χ0n) is 14.2. The van der Waals surface area contributed by atoms with Crippen LogP contribution in [-0.2, 0) is 6.42 Å². The Bertz CT molecular complexity index is 945. The van der Waals surface area contributed by atoms with Gasteiger partial charge in [0.25, 0.3) is 0 Å². The number of aromatic nitrogens is 2. The molecule has 0 bridgehead atoms. The topological polar surface area (TPSA) is 64.3 Å². The molecule has 0 fully saturated rings. The van der Waals surface area contributed by atoms with Crippen molar-refractivity contribution in [3.05, 3.63) is 63.8 Å². The Morgan fingerprint density at radius 3 is 2.27 bits per heavy atom. The highest BCUT2D eigenvalue weighted by molar-refractivity contribution is 6.35. The Balaban J connectivity index is 2.24. The standard InChI is InChI=1S/C19H16Cl2N2O3/c1-3-16-17(19(24)25)18(11-8-12(20)10-13(21)9-11)22-23(16)14-4-6-15(26-2)7-5-14/h4-10H,3H2,1-2H3,(H,24,25). The lowest BCUT2D eigenvalue weighted by Gasteiger charge is -2.07. The molecule has 0 radical (unpaired) electrons. The monoisotopic (exact) mass is 390 g/mol. The van der Waals surface area contributed by atoms with Crippen LogP contribution in [0.3, 0.4) is 0 Å². The highest BCUT2D eigenvalue weighted by Crippen LogP contribution is 2.32. The van der Waals surface area contributed by atoms with Crippen LogP contribution in [0.4, 0.5) is 0 Å². The molecule has 2 aromatic carbocycles. The van der Waals surface area contributed by atoms with Crippen LogP contribution >= 0.6 is 23.2 Å². The molecular formula is C19H16Cl2N2O3. The second-order valence-electron chi connectivity index (χ2n) is 5.60. The van der Waals surface area contributed by atoms with Gasteiger partial charge in [-0.1, -0.05) is 30.1 Å². The molecule has 0 saturated heterocycles. The maximum atomic E-state index is 12.0. The van der Waals surface area contributed by atoms with E-state index in [9.17, 15) is 9.90 Å². The number of benzene rings is 2. The van der Waals surface area contributed by atoms with Crippen molar-refractivity contribution in [2.45, 2.75) is 13.3 Å². The SMILES string of the molecule is CCc1c(C(=O)O)c(-c2cc(Cl)cc(Cl)c2)nn1-c1ccc(OC)cc1. The van der Waals surface area contributed by atoms with Gasteiger partial charge in [-0.25, -0.2) is 9.48 Å². The van der Waals surface area contributed by atoms with E-state index in [1.165, 1.54) is 0 Å². The molecule has 0 aliphatic rings. The molecule has 1 N–H and O–H groups in total. The van der Waals surface area contributed by atoms with E-state index in [-0.39, 0.29) is 5.56 Å². The predicted molar refractivity (Wildman–Crippen MR) is 102 cm³/mol. The van der Waals surface area contributed by atoms with Crippen LogP contribution in [0.5, 0.6) is 5.75 Å². The van der Waals surface area contributed by atoms with Crippen molar-refractivity contribution in [2.24, 2.45) is 0 Å². The first-order chi connectivity index (χ1) is 12.4. The molecule has 7 heteroatoms. The fourth-order valence-electron chi connectivity index (χ4n) is 2.83. The molecular weight excluding hydrogens is 375 g/mol. The molecule has 5 nitrogen and oxygen atoms in total. The van der Waals surface area contributed by atoms with Crippen LogP contribution in [0.1, 0.15) is 23.0 Å². The van der Waals surface area contributed by atoms with Crippen LogP contribution in [0.15, 0.2) is 42.5 Å². The van der Waals surface area contributed by atoms with Gasteiger partial charge in [0.1, 0.15) is 17.0 Å². The fourth-order valence-corrected chi connectivity index (χ4v) is 3.36. The van der Waals surface area contributed by atoms with Gasteiger partial charge in [0.15, 0.2) is 0 Å². The summed E-state index contributed by atoms with van der Waals surface area (Å²) in [6.07, 6.45) is 0.495. The lowest BCUT2D eigenvalue weighted by molar-refractivity contribution is 0.0696. The number of carboxylic acids is 1. The van der Waals surface area contributed by atoms with Crippen molar-refractivity contribution in [1.82, 2.24) is 9.78 Å². The van der Waals surface area contributed by atoms with Gasteiger partial charge in [0.05, 0.1) is 18.5 Å². The predicted octanol–water partition coefficient (Wildman–Crippen LogP) is 5.12. The third kappa shape index (κ3) is 3.41. The number of nitrogens with zero attached hydrogens (tertiary/aromatic N) is 2. The van der Waals surface area contributed by atoms with Gasteiger partial charge in [-0.05, 0) is 48.9 Å². The molecule has 1 aromatic heterocycles. The number of carboxylic acid groups (broad SMARTS) is 1. The number of rotatable bonds is 5. The van der Waals surface area contributed by atoms with E-state index in [4.69, 9.17) is 27.9 Å². The average Bonchev–Trinajstić information content (AvgIpc) is 3.01. The van der Waals surface area contributed by atoms with Crippen LogP contribution in [0.25, 0.3) is 16.9 Å². The van der Waals surface area contributed by atoms with Gasteiger partial charge < -0.3 is 9.84 Å². The van der Waals surface area contributed by atoms with Crippen molar-refractivity contribution >= 4 is 29.2 Å². The van der Waals surface area contributed by atoms with E-state index in [1.54, 1.807) is 42.1 Å². The summed E-state index contributed by atoms with van der Waals surface area (Å²) in [6, 6.07) is 12.1. The molecule has 26 heavy (non-hydrogen) atoms. The number of methoxy groups -OCH3 is 1. The third-order valence-electron chi connectivity index (χ3n) is 3.98. The lowest BCUT2D eigenvalue weighted by atomic mass is 10.0. The number of carbonyl (C=O) groups is 1. The van der Waals surface area contributed by atoms with Crippen LogP contribution in [-0.4, -0.2) is 28.0 Å². The quantitative estimate of drug-likeness (QED) is 0.656. The van der Waals surface area contributed by atoms with Gasteiger partial charge >= 0.3 is 5.97 Å². The number of aromatic carboxylic acids is 1. The second kappa shape index (κ2) is 7.40. The Kier molecular flexibility index (Phi) is 5.20. The largest absolute Gasteiger partial charge is 0.497 e. The summed E-state index contributed by atoms with van der Waals surface area (Å²) >= 11 is 12.2. The minimum Gasteiger partial charge on any atom is -0.497 e. The van der Waals surface area contributed by atoms with Gasteiger partial charge in [-0.3, -0.25) is 0 Å². The minimum absolute atomic E-state index is 0.140. The average molecular weight is 391 g/mol. The van der Waals surface area contributed by atoms with E-state index in [2.05, 4.69) is 5.10 Å². The molecule has 0 unspecified atom stereocenters. The normalized spacial score (nSPS) is 10.8. The highest BCUT2D eigenvalue weighted by atomic mass is 35.5. The van der Waals surface area contributed by atoms with Crippen molar-refractivity contribution in [1.29, 1.82) is 0 Å². The molecule has 0 saturated carbocycles. The highest BCUT2D eigenvalue weighted by Gasteiger charge is 2.24. The van der Waals surface area contributed by atoms with E-state index >= 15 is 0 Å². The number of hydrogen-bond donors (Lipinski definition) is 1. The maximum absolute atomic E-state index is 12.0. The van der Waals surface area contributed by atoms with E-state index in [0.717, 1.165) is 5.69 Å². The Morgan fingerprint density at radius 1 is 1.15 bits per heavy atom. The summed E-state index contributed by atoms with van der Waals surface area (Å²) < 4.78 is 6.80. The van der Waals surface area contributed by atoms with Gasteiger partial charge in [-0.2, -0.15) is 5.10 Å². The van der Waals surface area contributed by atoms with Crippen LogP contribution in [0.2, 0.25) is 10.0 Å². The fraction of sp³-hybridized carbons (Fsp3) is 0.158.